The monoisotopic (exact) mass is 677 g/mol. The number of hydrogen-bond acceptors (Lipinski definition) is 4. The van der Waals surface area contributed by atoms with Gasteiger partial charge in [0, 0.05) is 33.8 Å². The molecular formula is C49H31N3O. The standard InChI is InChI=1S/C49H31N3O/c1-3-12-32(13-4-1)36-18-11-19-38(27-36)44-31-45(52-49(51-44)34-15-5-2-6-16-34)41-29-39(37-23-22-33-14-7-8-17-35(33)26-37)28-40(30-41)42-24-25-50-47-43-20-9-10-21-46(43)53-48(42)47/h1-31H. The van der Waals surface area contributed by atoms with Gasteiger partial charge in [-0.2, -0.15) is 0 Å². The molecule has 53 heavy (non-hydrogen) atoms. The third-order valence-electron chi connectivity index (χ3n) is 9.90. The topological polar surface area (TPSA) is 51.8 Å². The maximum Gasteiger partial charge on any atom is 0.161 e. The summed E-state index contributed by atoms with van der Waals surface area (Å²) in [5.74, 6) is 0.671. The van der Waals surface area contributed by atoms with Crippen LogP contribution in [0.5, 0.6) is 0 Å². The van der Waals surface area contributed by atoms with E-state index in [0.717, 1.165) is 83.5 Å². The predicted octanol–water partition coefficient (Wildman–Crippen LogP) is 12.9. The molecule has 3 heterocycles. The van der Waals surface area contributed by atoms with E-state index in [2.05, 4.69) is 133 Å². The molecule has 4 nitrogen and oxygen atoms in total. The first-order valence-corrected chi connectivity index (χ1v) is 17.8. The summed E-state index contributed by atoms with van der Waals surface area (Å²) >= 11 is 0. The van der Waals surface area contributed by atoms with Crippen molar-refractivity contribution in [1.29, 1.82) is 0 Å². The van der Waals surface area contributed by atoms with Crippen LogP contribution < -0.4 is 0 Å². The van der Waals surface area contributed by atoms with Crippen LogP contribution in [-0.4, -0.2) is 15.0 Å². The van der Waals surface area contributed by atoms with Gasteiger partial charge in [-0.25, -0.2) is 9.97 Å². The van der Waals surface area contributed by atoms with Crippen LogP contribution in [0.25, 0.3) is 100 Å². The minimum Gasteiger partial charge on any atom is -0.454 e. The predicted molar refractivity (Wildman–Crippen MR) is 217 cm³/mol. The van der Waals surface area contributed by atoms with E-state index in [-0.39, 0.29) is 0 Å². The van der Waals surface area contributed by atoms with E-state index in [0.29, 0.717) is 5.82 Å². The van der Waals surface area contributed by atoms with E-state index in [9.17, 15) is 0 Å². The maximum absolute atomic E-state index is 6.50. The number of furan rings is 1. The van der Waals surface area contributed by atoms with Crippen LogP contribution in [0, 0.1) is 0 Å². The van der Waals surface area contributed by atoms with Crippen LogP contribution in [0.3, 0.4) is 0 Å². The summed E-state index contributed by atoms with van der Waals surface area (Å²) in [5, 5.41) is 3.40. The normalized spacial score (nSPS) is 11.4. The van der Waals surface area contributed by atoms with Crippen LogP contribution in [0.15, 0.2) is 193 Å². The molecule has 0 fully saturated rings. The molecule has 10 aromatic rings. The number of fused-ring (bicyclic) bond motifs is 4. The van der Waals surface area contributed by atoms with E-state index < -0.39 is 0 Å². The molecule has 7 aromatic carbocycles. The van der Waals surface area contributed by atoms with Crippen molar-refractivity contribution in [1.82, 2.24) is 15.0 Å². The Kier molecular flexibility index (Phi) is 7.43. The number of nitrogens with zero attached hydrogens (tertiary/aromatic N) is 3. The molecule has 0 atom stereocenters. The van der Waals surface area contributed by atoms with Crippen molar-refractivity contribution in [3.05, 3.63) is 188 Å². The summed E-state index contributed by atoms with van der Waals surface area (Å²) in [6.07, 6.45) is 1.87. The van der Waals surface area contributed by atoms with Gasteiger partial charge in [0.05, 0.1) is 11.4 Å². The van der Waals surface area contributed by atoms with Gasteiger partial charge < -0.3 is 4.42 Å². The number of benzene rings is 7. The lowest BCUT2D eigenvalue weighted by atomic mass is 9.93. The average Bonchev–Trinajstić information content (AvgIpc) is 3.63. The molecule has 0 N–H and O–H groups in total. The first-order valence-electron chi connectivity index (χ1n) is 17.8. The van der Waals surface area contributed by atoms with E-state index in [1.54, 1.807) is 0 Å². The second-order valence-corrected chi connectivity index (χ2v) is 13.3. The van der Waals surface area contributed by atoms with Crippen LogP contribution in [-0.2, 0) is 0 Å². The van der Waals surface area contributed by atoms with Crippen molar-refractivity contribution in [3.63, 3.8) is 0 Å². The van der Waals surface area contributed by atoms with Crippen LogP contribution >= 0.6 is 0 Å². The maximum atomic E-state index is 6.50. The van der Waals surface area contributed by atoms with Gasteiger partial charge in [0.2, 0.25) is 0 Å². The van der Waals surface area contributed by atoms with E-state index >= 15 is 0 Å². The molecule has 248 valence electrons. The summed E-state index contributed by atoms with van der Waals surface area (Å²) in [5.41, 5.74) is 13.6. The van der Waals surface area contributed by atoms with Gasteiger partial charge in [0.25, 0.3) is 0 Å². The molecule has 0 radical (unpaired) electrons. The third-order valence-corrected chi connectivity index (χ3v) is 9.90. The summed E-state index contributed by atoms with van der Waals surface area (Å²) in [4.78, 5) is 15.2. The van der Waals surface area contributed by atoms with Crippen molar-refractivity contribution >= 4 is 32.8 Å². The number of para-hydroxylation sites is 1. The fraction of sp³-hybridized carbons (Fsp3) is 0. The Balaban J connectivity index is 1.21. The fourth-order valence-electron chi connectivity index (χ4n) is 7.25. The molecule has 3 aromatic heterocycles. The molecule has 0 saturated heterocycles. The van der Waals surface area contributed by atoms with Crippen molar-refractivity contribution < 1.29 is 4.42 Å². The summed E-state index contributed by atoms with van der Waals surface area (Å²) < 4.78 is 6.50. The Morgan fingerprint density at radius 1 is 0.377 bits per heavy atom. The Morgan fingerprint density at radius 2 is 1.00 bits per heavy atom. The highest BCUT2D eigenvalue weighted by Crippen LogP contribution is 2.39. The van der Waals surface area contributed by atoms with E-state index in [1.165, 1.54) is 10.8 Å². The smallest absolute Gasteiger partial charge is 0.161 e. The zero-order valence-electron chi connectivity index (χ0n) is 28.6. The van der Waals surface area contributed by atoms with Crippen LogP contribution in [0.2, 0.25) is 0 Å². The van der Waals surface area contributed by atoms with Crippen molar-refractivity contribution in [3.8, 4) is 67.3 Å². The molecule has 0 spiro atoms. The van der Waals surface area contributed by atoms with Gasteiger partial charge in [-0.05, 0) is 93.2 Å². The van der Waals surface area contributed by atoms with Crippen LogP contribution in [0.4, 0.5) is 0 Å². The van der Waals surface area contributed by atoms with Gasteiger partial charge in [-0.15, -0.1) is 0 Å². The molecule has 0 bridgehead atoms. The fourth-order valence-corrected chi connectivity index (χ4v) is 7.25. The Labute approximate surface area is 306 Å². The SMILES string of the molecule is c1ccc(-c2cccc(-c3cc(-c4cc(-c5ccc6ccccc6c5)cc(-c5ccnc6c5oc5ccccc56)c4)nc(-c4ccccc4)n3)c2)cc1. The summed E-state index contributed by atoms with van der Waals surface area (Å²) in [7, 11) is 0. The molecule has 0 amide bonds. The Hall–Kier alpha value is -7.17. The molecule has 0 unspecified atom stereocenters. The molecule has 10 rings (SSSR count). The van der Waals surface area contributed by atoms with Crippen molar-refractivity contribution in [2.24, 2.45) is 0 Å². The van der Waals surface area contributed by atoms with Gasteiger partial charge in [0.1, 0.15) is 11.1 Å². The Morgan fingerprint density at radius 3 is 1.85 bits per heavy atom. The lowest BCUT2D eigenvalue weighted by Crippen LogP contribution is -1.97. The minimum absolute atomic E-state index is 0.671. The average molecular weight is 678 g/mol. The molecular weight excluding hydrogens is 647 g/mol. The number of aromatic nitrogens is 3. The van der Waals surface area contributed by atoms with Gasteiger partial charge in [-0.3, -0.25) is 4.98 Å². The molecule has 0 aliphatic carbocycles. The number of pyridine rings is 1. The second-order valence-electron chi connectivity index (χ2n) is 13.3. The van der Waals surface area contributed by atoms with Crippen molar-refractivity contribution in [2.75, 3.05) is 0 Å². The molecule has 4 heteroatoms. The first kappa shape index (κ1) is 30.6. The lowest BCUT2D eigenvalue weighted by Gasteiger charge is -2.14. The largest absolute Gasteiger partial charge is 0.454 e. The van der Waals surface area contributed by atoms with Gasteiger partial charge in [-0.1, -0.05) is 127 Å². The summed E-state index contributed by atoms with van der Waals surface area (Å²) in [6, 6.07) is 63.3. The first-order chi connectivity index (χ1) is 26.2. The van der Waals surface area contributed by atoms with E-state index in [1.807, 2.05) is 54.7 Å². The number of rotatable bonds is 6. The van der Waals surface area contributed by atoms with E-state index in [4.69, 9.17) is 19.4 Å². The van der Waals surface area contributed by atoms with Gasteiger partial charge in [0.15, 0.2) is 11.4 Å². The zero-order chi connectivity index (χ0) is 35.1. The quantitative estimate of drug-likeness (QED) is 0.176. The Bertz CT molecular complexity index is 2950. The van der Waals surface area contributed by atoms with Crippen molar-refractivity contribution in [2.45, 2.75) is 0 Å². The number of hydrogen-bond donors (Lipinski definition) is 0. The lowest BCUT2D eigenvalue weighted by molar-refractivity contribution is 0.669. The highest BCUT2D eigenvalue weighted by molar-refractivity contribution is 6.07. The minimum atomic E-state index is 0.671. The molecule has 0 aliphatic heterocycles. The molecule has 0 aliphatic rings. The van der Waals surface area contributed by atoms with Gasteiger partial charge >= 0.3 is 0 Å². The second kappa shape index (κ2) is 12.9. The highest BCUT2D eigenvalue weighted by Gasteiger charge is 2.18. The zero-order valence-corrected chi connectivity index (χ0v) is 28.6. The highest BCUT2D eigenvalue weighted by atomic mass is 16.3. The molecule has 0 saturated carbocycles. The van der Waals surface area contributed by atoms with Crippen LogP contribution in [0.1, 0.15) is 0 Å². The third kappa shape index (κ3) is 5.73. The summed E-state index contributed by atoms with van der Waals surface area (Å²) in [6.45, 7) is 0.